The van der Waals surface area contributed by atoms with Gasteiger partial charge in [-0.1, -0.05) is 0 Å². The third kappa shape index (κ3) is 2.05. The molecule has 1 aromatic carbocycles. The molecule has 1 rings (SSSR count). The Morgan fingerprint density at radius 2 is 2.09 bits per heavy atom. The molecule has 1 aromatic rings. The van der Waals surface area contributed by atoms with Crippen LogP contribution in [0.2, 0.25) is 0 Å². The van der Waals surface area contributed by atoms with Crippen molar-refractivity contribution in [3.8, 4) is 5.75 Å². The first-order valence-corrected chi connectivity index (χ1v) is 4.16. The molecule has 0 saturated heterocycles. The topological polar surface area (TPSA) is 26.3 Å². The highest BCUT2D eigenvalue weighted by molar-refractivity contribution is 7.84. The summed E-state index contributed by atoms with van der Waals surface area (Å²) in [6, 6.07) is 6.14. The van der Waals surface area contributed by atoms with Gasteiger partial charge in [0, 0.05) is 26.0 Å². The Bertz CT molecular complexity index is 331. The maximum atomic E-state index is 11.4. The zero-order chi connectivity index (χ0) is 10.8. The quantitative estimate of drug-likeness (QED) is 0.676. The van der Waals surface area contributed by atoms with E-state index in [1.807, 2.05) is 0 Å². The van der Waals surface area contributed by atoms with Crippen molar-refractivity contribution >= 4 is 10.8 Å². The van der Waals surface area contributed by atoms with E-state index in [0.717, 1.165) is 0 Å². The SMILES string of the molecule is [2H]C([2H])([2H])S(=O)c1ccc(OC)cc1. The number of hydrogen-bond acceptors (Lipinski definition) is 2. The minimum absolute atomic E-state index is 0.283. The molecule has 1 atom stereocenters. The number of benzene rings is 1. The highest BCUT2D eigenvalue weighted by Crippen LogP contribution is 2.12. The minimum Gasteiger partial charge on any atom is -0.497 e. The number of ether oxygens (including phenoxy) is 1. The molecule has 0 spiro atoms. The summed E-state index contributed by atoms with van der Waals surface area (Å²) in [7, 11) is -0.457. The fourth-order valence-corrected chi connectivity index (χ4v) is 1.08. The predicted molar refractivity (Wildman–Crippen MR) is 45.3 cm³/mol. The fraction of sp³-hybridized carbons (Fsp3) is 0.250. The van der Waals surface area contributed by atoms with E-state index in [4.69, 9.17) is 8.85 Å². The van der Waals surface area contributed by atoms with Crippen LogP contribution in [0.5, 0.6) is 5.75 Å². The van der Waals surface area contributed by atoms with Gasteiger partial charge in [-0.3, -0.25) is 4.21 Å². The Morgan fingerprint density at radius 3 is 2.55 bits per heavy atom. The van der Waals surface area contributed by atoms with E-state index in [-0.39, 0.29) is 4.90 Å². The van der Waals surface area contributed by atoms with Crippen molar-refractivity contribution in [3.63, 3.8) is 0 Å². The van der Waals surface area contributed by atoms with E-state index >= 15 is 0 Å². The first-order chi connectivity index (χ1) is 6.45. The van der Waals surface area contributed by atoms with Crippen molar-refractivity contribution in [2.45, 2.75) is 4.90 Å². The van der Waals surface area contributed by atoms with Gasteiger partial charge in [-0.2, -0.15) is 0 Å². The van der Waals surface area contributed by atoms with Crippen LogP contribution in [0, 0.1) is 0 Å². The smallest absolute Gasteiger partial charge is 0.118 e. The van der Waals surface area contributed by atoms with Crippen molar-refractivity contribution in [2.24, 2.45) is 0 Å². The van der Waals surface area contributed by atoms with Crippen LogP contribution >= 0.6 is 0 Å². The van der Waals surface area contributed by atoms with Gasteiger partial charge in [0.2, 0.25) is 0 Å². The monoisotopic (exact) mass is 173 g/mol. The average molecular weight is 173 g/mol. The molecule has 1 unspecified atom stereocenters. The van der Waals surface area contributed by atoms with Crippen LogP contribution in [-0.2, 0) is 10.8 Å². The summed E-state index contributed by atoms with van der Waals surface area (Å²) in [6.07, 6.45) is -2.46. The highest BCUT2D eigenvalue weighted by atomic mass is 32.2. The second-order valence-electron chi connectivity index (χ2n) is 1.94. The normalized spacial score (nSPS) is 17.7. The number of methoxy groups -OCH3 is 1. The standard InChI is InChI=1S/C8H10O2S/c1-10-7-3-5-8(6-4-7)11(2)9/h3-6H,1-2H3/i2D3. The van der Waals surface area contributed by atoms with E-state index in [9.17, 15) is 4.21 Å². The lowest BCUT2D eigenvalue weighted by atomic mass is 10.3. The van der Waals surface area contributed by atoms with Gasteiger partial charge in [-0.05, 0) is 24.3 Å². The molecule has 0 saturated carbocycles. The second kappa shape index (κ2) is 3.53. The van der Waals surface area contributed by atoms with Gasteiger partial charge in [0.1, 0.15) is 5.75 Å². The zero-order valence-electron chi connectivity index (χ0n) is 9.03. The number of rotatable bonds is 2. The van der Waals surface area contributed by atoms with Crippen molar-refractivity contribution in [1.29, 1.82) is 0 Å². The van der Waals surface area contributed by atoms with Gasteiger partial charge in [0.05, 0.1) is 7.11 Å². The van der Waals surface area contributed by atoms with Crippen LogP contribution < -0.4 is 4.74 Å². The largest absolute Gasteiger partial charge is 0.497 e. The van der Waals surface area contributed by atoms with E-state index in [1.165, 1.54) is 19.2 Å². The van der Waals surface area contributed by atoms with Crippen molar-refractivity contribution < 1.29 is 13.1 Å². The molecule has 0 bridgehead atoms. The lowest BCUT2D eigenvalue weighted by molar-refractivity contribution is 0.414. The molecule has 0 heterocycles. The van der Waals surface area contributed by atoms with Crippen LogP contribution in [0.4, 0.5) is 0 Å². The second-order valence-corrected chi connectivity index (χ2v) is 2.95. The minimum atomic E-state index is -2.46. The van der Waals surface area contributed by atoms with E-state index < -0.39 is 17.0 Å². The third-order valence-electron chi connectivity index (χ3n) is 1.27. The summed E-state index contributed by atoms with van der Waals surface area (Å²) in [5, 5.41) is 0. The molecule has 0 radical (unpaired) electrons. The fourth-order valence-electron chi connectivity index (χ4n) is 0.699. The van der Waals surface area contributed by atoms with Gasteiger partial charge in [-0.15, -0.1) is 0 Å². The molecule has 0 amide bonds. The molecule has 60 valence electrons. The summed E-state index contributed by atoms with van der Waals surface area (Å²) in [4.78, 5) is 0.283. The van der Waals surface area contributed by atoms with Crippen molar-refractivity contribution in [3.05, 3.63) is 24.3 Å². The summed E-state index contributed by atoms with van der Waals surface area (Å²) in [5.74, 6) is 0.608. The summed E-state index contributed by atoms with van der Waals surface area (Å²) in [6.45, 7) is 0. The summed E-state index contributed by atoms with van der Waals surface area (Å²) >= 11 is 0. The van der Waals surface area contributed by atoms with Crippen molar-refractivity contribution in [1.82, 2.24) is 0 Å². The lowest BCUT2D eigenvalue weighted by Gasteiger charge is -1.99. The molecule has 0 N–H and O–H groups in total. The molecule has 0 aliphatic carbocycles. The van der Waals surface area contributed by atoms with E-state index in [0.29, 0.717) is 5.75 Å². The molecule has 0 aromatic heterocycles. The van der Waals surface area contributed by atoms with Gasteiger partial charge in [0.25, 0.3) is 0 Å². The van der Waals surface area contributed by atoms with Gasteiger partial charge < -0.3 is 4.74 Å². The maximum Gasteiger partial charge on any atom is 0.118 e. The molecule has 2 nitrogen and oxygen atoms in total. The zero-order valence-corrected chi connectivity index (χ0v) is 6.85. The first kappa shape index (κ1) is 4.93. The van der Waals surface area contributed by atoms with E-state index in [1.54, 1.807) is 12.1 Å². The van der Waals surface area contributed by atoms with Crippen LogP contribution in [0.3, 0.4) is 0 Å². The molecule has 11 heavy (non-hydrogen) atoms. The Balaban J connectivity index is 2.93. The lowest BCUT2D eigenvalue weighted by Crippen LogP contribution is -1.87. The van der Waals surface area contributed by atoms with Gasteiger partial charge in [0.15, 0.2) is 0 Å². The Hall–Kier alpha value is -0.830. The van der Waals surface area contributed by atoms with E-state index in [2.05, 4.69) is 0 Å². The Labute approximate surface area is 72.9 Å². The summed E-state index contributed by atoms with van der Waals surface area (Å²) in [5.41, 5.74) is 0. The van der Waals surface area contributed by atoms with Crippen LogP contribution in [0.1, 0.15) is 4.11 Å². The van der Waals surface area contributed by atoms with Crippen molar-refractivity contribution in [2.75, 3.05) is 13.3 Å². The molecule has 0 aliphatic rings. The summed E-state index contributed by atoms with van der Waals surface area (Å²) < 4.78 is 37.2. The first-order valence-electron chi connectivity index (χ1n) is 4.51. The predicted octanol–water partition coefficient (Wildman–Crippen LogP) is 1.43. The molecular weight excluding hydrogens is 160 g/mol. The average Bonchev–Trinajstić information content (AvgIpc) is 2.15. The number of hydrogen-bond donors (Lipinski definition) is 0. The Kier molecular flexibility index (Phi) is 1.58. The highest BCUT2D eigenvalue weighted by Gasteiger charge is 1.95. The molecule has 0 fully saturated rings. The maximum absolute atomic E-state index is 11.4. The molecular formula is C8H10O2S. The molecule has 3 heteroatoms. The van der Waals surface area contributed by atoms with Gasteiger partial charge >= 0.3 is 0 Å². The van der Waals surface area contributed by atoms with Crippen LogP contribution in [0.25, 0.3) is 0 Å². The third-order valence-corrected chi connectivity index (χ3v) is 1.97. The van der Waals surface area contributed by atoms with Crippen LogP contribution in [-0.4, -0.2) is 17.5 Å². The Morgan fingerprint density at radius 1 is 1.45 bits per heavy atom. The van der Waals surface area contributed by atoms with Gasteiger partial charge in [-0.25, -0.2) is 0 Å². The van der Waals surface area contributed by atoms with Crippen LogP contribution in [0.15, 0.2) is 29.2 Å². The molecule has 0 aliphatic heterocycles.